The minimum atomic E-state index is -2.22. The number of nitrogens with two attached hydrogens (primary N) is 1. The van der Waals surface area contributed by atoms with Crippen LogP contribution in [0.15, 0.2) is 72.1 Å². The molecule has 0 aromatic heterocycles. The number of methoxy groups -OCH3 is 3. The summed E-state index contributed by atoms with van der Waals surface area (Å²) in [7, 11) is 0.146. The van der Waals surface area contributed by atoms with Crippen molar-refractivity contribution in [3.05, 3.63) is 88.8 Å². The molecule has 3 aromatic carbocycles. The highest BCUT2D eigenvalue weighted by molar-refractivity contribution is 6.74. The lowest BCUT2D eigenvalue weighted by Gasteiger charge is -2.43. The van der Waals surface area contributed by atoms with Gasteiger partial charge in [-0.15, -0.1) is 0 Å². The van der Waals surface area contributed by atoms with Crippen LogP contribution in [0.4, 0.5) is 21.9 Å². The van der Waals surface area contributed by atoms with Gasteiger partial charge in [0.2, 0.25) is 17.7 Å². The van der Waals surface area contributed by atoms with Gasteiger partial charge in [0.15, 0.2) is 39.6 Å². The van der Waals surface area contributed by atoms with E-state index in [0.29, 0.717) is 86.8 Å². The molecule has 0 bridgehead atoms. The molecule has 6 amide bonds. The molecular weight excluding hydrogens is 1200 g/mol. The Morgan fingerprint density at radius 2 is 1.26 bits per heavy atom. The Hall–Kier alpha value is -6.97. The molecule has 22 nitrogen and oxygen atoms in total. The lowest BCUT2D eigenvalue weighted by Crippen LogP contribution is -2.53. The van der Waals surface area contributed by atoms with Crippen LogP contribution >= 0.6 is 0 Å². The zero-order chi connectivity index (χ0) is 67.6. The van der Waals surface area contributed by atoms with Crippen molar-refractivity contribution in [2.45, 2.75) is 188 Å². The van der Waals surface area contributed by atoms with E-state index in [1.54, 1.807) is 79.3 Å². The number of ether oxygens (including phenoxy) is 7. The topological polar surface area (TPSA) is 266 Å². The maximum Gasteiger partial charge on any atom is 0.411 e. The molecule has 1 unspecified atom stereocenters. The van der Waals surface area contributed by atoms with Gasteiger partial charge in [-0.1, -0.05) is 78.7 Å². The van der Waals surface area contributed by atoms with E-state index in [4.69, 9.17) is 47.7 Å². The minimum absolute atomic E-state index is 0.0441. The first-order valence-electron chi connectivity index (χ1n) is 31.5. The van der Waals surface area contributed by atoms with Crippen LogP contribution in [0.1, 0.15) is 147 Å². The third kappa shape index (κ3) is 21.6. The number of rotatable bonds is 32. The second-order valence-electron chi connectivity index (χ2n) is 26.8. The van der Waals surface area contributed by atoms with E-state index in [1.165, 1.54) is 21.1 Å². The maximum atomic E-state index is 14.8. The summed E-state index contributed by atoms with van der Waals surface area (Å²) in [5.41, 5.74) is 10.5. The van der Waals surface area contributed by atoms with Crippen molar-refractivity contribution in [1.82, 2.24) is 20.4 Å². The quantitative estimate of drug-likeness (QED) is 0.0221. The third-order valence-electron chi connectivity index (χ3n) is 17.1. The van der Waals surface area contributed by atoms with Crippen LogP contribution in [0.5, 0.6) is 23.0 Å². The average molecular weight is 1300 g/mol. The highest BCUT2D eigenvalue weighted by Crippen LogP contribution is 2.42. The molecule has 4 atom stereocenters. The SMILES string of the molecule is COCCOCCC(=O)N[C@H](C(=O)N[C@@H](C)C(=O)Nc1ccc(COC(=O)Nc2cc(OCCCCCOc3cc(N)c(C(=O)N4C=C(C)CCC4O[Si](C)(C)C(C)(C)C)cc3OC)c(OC)cc2C(=O)N2C=C(C)C[C@H]2CO[Si](C)(C)C(C)(C)C)cc1)C(C)C. The van der Waals surface area contributed by atoms with Crippen LogP contribution in [-0.4, -0.2) is 147 Å². The van der Waals surface area contributed by atoms with Gasteiger partial charge in [-0.05, 0) is 131 Å². The summed E-state index contributed by atoms with van der Waals surface area (Å²) in [6.07, 6.45) is 6.53. The van der Waals surface area contributed by atoms with Gasteiger partial charge in [0, 0.05) is 49.4 Å². The zero-order valence-corrected chi connectivity index (χ0v) is 59.2. The summed E-state index contributed by atoms with van der Waals surface area (Å²) >= 11 is 0. The molecule has 0 saturated heterocycles. The first kappa shape index (κ1) is 74.8. The highest BCUT2D eigenvalue weighted by Gasteiger charge is 2.43. The summed E-state index contributed by atoms with van der Waals surface area (Å²) in [6, 6.07) is 10.9. The number of anilines is 3. The van der Waals surface area contributed by atoms with Gasteiger partial charge in [0.1, 0.15) is 24.9 Å². The van der Waals surface area contributed by atoms with E-state index < -0.39 is 52.9 Å². The molecule has 5 rings (SSSR count). The van der Waals surface area contributed by atoms with Gasteiger partial charge in [-0.2, -0.15) is 0 Å². The Bertz CT molecular complexity index is 3050. The van der Waals surface area contributed by atoms with E-state index in [2.05, 4.69) is 89.0 Å². The molecule has 0 fully saturated rings. The molecule has 0 spiro atoms. The number of nitrogen functional groups attached to an aromatic ring is 1. The van der Waals surface area contributed by atoms with Crippen molar-refractivity contribution < 1.29 is 70.8 Å². The zero-order valence-electron chi connectivity index (χ0n) is 57.2. The van der Waals surface area contributed by atoms with Crippen LogP contribution < -0.4 is 45.9 Å². The van der Waals surface area contributed by atoms with Crippen molar-refractivity contribution in [3.8, 4) is 23.0 Å². The first-order valence-corrected chi connectivity index (χ1v) is 37.3. The van der Waals surface area contributed by atoms with Crippen molar-refractivity contribution in [2.75, 3.05) is 77.3 Å². The smallest absolute Gasteiger partial charge is 0.411 e. The molecule has 2 aliphatic heterocycles. The Morgan fingerprint density at radius 3 is 1.86 bits per heavy atom. The monoisotopic (exact) mass is 1300 g/mol. The molecule has 504 valence electrons. The fourth-order valence-corrected chi connectivity index (χ4v) is 11.7. The van der Waals surface area contributed by atoms with E-state index in [1.807, 2.05) is 26.2 Å². The van der Waals surface area contributed by atoms with Crippen molar-refractivity contribution in [2.24, 2.45) is 5.92 Å². The van der Waals surface area contributed by atoms with Crippen molar-refractivity contribution >= 4 is 69.3 Å². The fourth-order valence-electron chi connectivity index (χ4n) is 9.40. The van der Waals surface area contributed by atoms with E-state index >= 15 is 0 Å². The summed E-state index contributed by atoms with van der Waals surface area (Å²) in [5, 5.41) is 10.9. The number of carbonyl (C=O) groups is 6. The molecular formula is C67H103N7O15Si2. The molecule has 2 aliphatic rings. The maximum absolute atomic E-state index is 14.8. The summed E-state index contributed by atoms with van der Waals surface area (Å²) in [6.45, 7) is 32.5. The predicted molar refractivity (Wildman–Crippen MR) is 359 cm³/mol. The number of benzene rings is 3. The van der Waals surface area contributed by atoms with Crippen molar-refractivity contribution in [1.29, 1.82) is 0 Å². The highest BCUT2D eigenvalue weighted by atomic mass is 28.4. The van der Waals surface area contributed by atoms with Crippen LogP contribution in [0.3, 0.4) is 0 Å². The molecule has 2 heterocycles. The second kappa shape index (κ2) is 33.6. The number of hydrogen-bond acceptors (Lipinski definition) is 16. The van der Waals surface area contributed by atoms with Gasteiger partial charge in [0.25, 0.3) is 11.8 Å². The standard InChI is InChI=1S/C67H103N7O15Si2/c1-43(2)60(72-58(75)28-31-84-33-32-81-12)62(77)69-46(5)61(76)70-48-25-23-47(24-26-48)41-87-65(80)71-53-38-57(55(83-14)36-51(53)64(79)73-40-45(4)34-49(73)42-88-90(15,16)66(6,7)8)86-30-21-19-20-29-85-56-37-52(68)50(35-54(56)82-13)63(78)74-39-44(3)22-27-59(74)89-91(17,18)67(9,10)11/h23-26,35-40,43,46,49,59-60H,19-22,27-34,41-42,68H2,1-18H3,(H,69,77)(H,70,76)(H,71,80)(H,72,75)/t46-,49-,59?,60-/m0/s1. The van der Waals surface area contributed by atoms with Gasteiger partial charge in [-0.3, -0.25) is 34.2 Å². The van der Waals surface area contributed by atoms with Gasteiger partial charge < -0.3 is 68.6 Å². The summed E-state index contributed by atoms with van der Waals surface area (Å²) in [5.74, 6) is -0.931. The number of nitrogens with zero attached hydrogens (tertiary/aromatic N) is 2. The lowest BCUT2D eigenvalue weighted by atomic mass is 10.0. The second-order valence-corrected chi connectivity index (χ2v) is 36.4. The number of amides is 6. The largest absolute Gasteiger partial charge is 0.493 e. The van der Waals surface area contributed by atoms with Crippen molar-refractivity contribution in [3.63, 3.8) is 0 Å². The molecule has 24 heteroatoms. The number of carbonyl (C=O) groups excluding carboxylic acids is 6. The van der Waals surface area contributed by atoms with Crippen LogP contribution in [0.25, 0.3) is 0 Å². The minimum Gasteiger partial charge on any atom is -0.493 e. The predicted octanol–water partition coefficient (Wildman–Crippen LogP) is 11.9. The summed E-state index contributed by atoms with van der Waals surface area (Å²) < 4.78 is 53.4. The number of allylic oxidation sites excluding steroid dienone is 1. The van der Waals surface area contributed by atoms with Crippen LogP contribution in [0, 0.1) is 5.92 Å². The van der Waals surface area contributed by atoms with Crippen LogP contribution in [-0.2, 0) is 44.1 Å². The molecule has 6 N–H and O–H groups in total. The normalized spacial score (nSPS) is 16.1. The van der Waals surface area contributed by atoms with E-state index in [-0.39, 0.29) is 94.4 Å². The average Bonchev–Trinajstić information content (AvgIpc) is 1.72. The Balaban J connectivity index is 1.23. The van der Waals surface area contributed by atoms with Crippen LogP contribution in [0.2, 0.25) is 36.3 Å². The van der Waals surface area contributed by atoms with Gasteiger partial charge >= 0.3 is 6.09 Å². The molecule has 0 radical (unpaired) electrons. The first-order chi connectivity index (χ1) is 42.7. The Labute approximate surface area is 541 Å². The number of unbranched alkanes of at least 4 members (excludes halogenated alkanes) is 2. The third-order valence-corrected chi connectivity index (χ3v) is 26.0. The van der Waals surface area contributed by atoms with Gasteiger partial charge in [-0.25, -0.2) is 4.79 Å². The Kier molecular flexibility index (Phi) is 27.6. The summed E-state index contributed by atoms with van der Waals surface area (Å²) in [4.78, 5) is 85.1. The lowest BCUT2D eigenvalue weighted by molar-refractivity contribution is -0.132. The fraction of sp³-hybridized carbons (Fsp3) is 0.582. The van der Waals surface area contributed by atoms with E-state index in [0.717, 1.165) is 17.6 Å². The Morgan fingerprint density at radius 1 is 0.670 bits per heavy atom. The molecule has 0 aliphatic carbocycles. The molecule has 3 aromatic rings. The van der Waals surface area contributed by atoms with E-state index in [9.17, 15) is 28.8 Å². The molecule has 91 heavy (non-hydrogen) atoms. The molecule has 0 saturated carbocycles. The number of nitrogens with one attached hydrogen (secondary N) is 4. The number of hydrogen-bond donors (Lipinski definition) is 5. The van der Waals surface area contributed by atoms with Gasteiger partial charge in [0.05, 0.1) is 76.7 Å².